The molecule has 3 aromatic rings. The van der Waals surface area contributed by atoms with Gasteiger partial charge in [0, 0.05) is 36.1 Å². The van der Waals surface area contributed by atoms with Crippen molar-refractivity contribution in [1.82, 2.24) is 19.6 Å². The van der Waals surface area contributed by atoms with Crippen LogP contribution in [0.3, 0.4) is 0 Å². The van der Waals surface area contributed by atoms with Crippen LogP contribution in [0.25, 0.3) is 22.3 Å². The number of hydrogen-bond donors (Lipinski definition) is 0. The second-order valence-corrected chi connectivity index (χ2v) is 6.44. The zero-order valence-electron chi connectivity index (χ0n) is 14.8. The monoisotopic (exact) mass is 326 g/mol. The van der Waals surface area contributed by atoms with Crippen LogP contribution in [-0.4, -0.2) is 39.7 Å². The highest BCUT2D eigenvalue weighted by Crippen LogP contribution is 2.28. The third-order valence-corrected chi connectivity index (χ3v) is 4.43. The van der Waals surface area contributed by atoms with Crippen LogP contribution in [0.1, 0.15) is 32.1 Å². The van der Waals surface area contributed by atoms with Crippen molar-refractivity contribution in [2.24, 2.45) is 7.05 Å². The minimum Gasteiger partial charge on any atom is -0.350 e. The first-order valence-corrected chi connectivity index (χ1v) is 8.74. The molecule has 0 bridgehead atoms. The molecule has 0 saturated carbocycles. The van der Waals surface area contributed by atoms with Gasteiger partial charge in [0.15, 0.2) is 0 Å². The average Bonchev–Trinajstić information content (AvgIpc) is 3.18. The van der Waals surface area contributed by atoms with E-state index in [1.807, 2.05) is 19.2 Å². The molecule has 0 radical (unpaired) electrons. The maximum absolute atomic E-state index is 5.45. The zero-order valence-corrected chi connectivity index (χ0v) is 14.8. The van der Waals surface area contributed by atoms with Gasteiger partial charge in [0.25, 0.3) is 0 Å². The molecule has 0 atom stereocenters. The van der Waals surface area contributed by atoms with Gasteiger partial charge >= 0.3 is 0 Å². The first-order chi connectivity index (χ1) is 11.7. The Balaban J connectivity index is 1.65. The van der Waals surface area contributed by atoms with Gasteiger partial charge in [-0.3, -0.25) is 0 Å². The molecule has 0 saturated heterocycles. The van der Waals surface area contributed by atoms with Crippen LogP contribution >= 0.6 is 0 Å². The van der Waals surface area contributed by atoms with Crippen molar-refractivity contribution in [2.45, 2.75) is 32.6 Å². The average molecular weight is 326 g/mol. The summed E-state index contributed by atoms with van der Waals surface area (Å²) < 4.78 is 7.55. The molecule has 0 aliphatic heterocycles. The number of unbranched alkanes of at least 4 members (excludes halogenated alkanes) is 1. The second kappa shape index (κ2) is 7.62. The number of aryl methyl sites for hydroxylation is 2. The molecule has 0 N–H and O–H groups in total. The fourth-order valence-electron chi connectivity index (χ4n) is 3.03. The topological polar surface area (TPSA) is 47.1 Å². The summed E-state index contributed by atoms with van der Waals surface area (Å²) in [7, 11) is 4.21. The van der Waals surface area contributed by atoms with Crippen LogP contribution in [0.4, 0.5) is 0 Å². The van der Waals surface area contributed by atoms with Gasteiger partial charge in [-0.1, -0.05) is 36.7 Å². The minimum atomic E-state index is 0.682. The second-order valence-electron chi connectivity index (χ2n) is 6.44. The Bertz CT molecular complexity index is 790. The third-order valence-electron chi connectivity index (χ3n) is 4.43. The van der Waals surface area contributed by atoms with E-state index in [0.29, 0.717) is 5.82 Å². The van der Waals surface area contributed by atoms with E-state index >= 15 is 0 Å². The molecule has 3 rings (SSSR count). The summed E-state index contributed by atoms with van der Waals surface area (Å²) in [6.07, 6.45) is 6.42. The van der Waals surface area contributed by atoms with Gasteiger partial charge in [-0.2, -0.15) is 4.98 Å². The molecule has 1 aromatic carbocycles. The van der Waals surface area contributed by atoms with Gasteiger partial charge in [0.1, 0.15) is 0 Å². The number of rotatable bonds is 8. The predicted molar refractivity (Wildman–Crippen MR) is 96.9 cm³/mol. The van der Waals surface area contributed by atoms with Crippen LogP contribution in [0.2, 0.25) is 0 Å². The highest BCUT2D eigenvalue weighted by molar-refractivity contribution is 5.94. The van der Waals surface area contributed by atoms with Crippen LogP contribution < -0.4 is 0 Å². The summed E-state index contributed by atoms with van der Waals surface area (Å²) in [4.78, 5) is 6.96. The summed E-state index contributed by atoms with van der Waals surface area (Å²) in [6.45, 7) is 4.44. The summed E-state index contributed by atoms with van der Waals surface area (Å²) in [5.41, 5.74) is 2.21. The molecule has 0 spiro atoms. The normalized spacial score (nSPS) is 11.7. The first kappa shape index (κ1) is 16.7. The molecule has 2 aromatic heterocycles. The Morgan fingerprint density at radius 1 is 1.17 bits per heavy atom. The van der Waals surface area contributed by atoms with E-state index in [-0.39, 0.29) is 0 Å². The van der Waals surface area contributed by atoms with E-state index in [2.05, 4.69) is 51.9 Å². The number of benzene rings is 1. The summed E-state index contributed by atoms with van der Waals surface area (Å²) in [6, 6.07) is 8.29. The van der Waals surface area contributed by atoms with E-state index in [4.69, 9.17) is 4.52 Å². The van der Waals surface area contributed by atoms with Crippen LogP contribution in [0, 0.1) is 0 Å². The lowest BCUT2D eigenvalue weighted by atomic mass is 10.2. The molecule has 0 unspecified atom stereocenters. The van der Waals surface area contributed by atoms with Crippen molar-refractivity contribution in [3.05, 3.63) is 36.4 Å². The standard InChI is InChI=1S/C19H26N4O/c1-4-5-12-22(2)13-8-11-18-20-19(21-24-18)16-14-23(3)17-10-7-6-9-15(16)17/h6-7,9-10,14H,4-5,8,11-13H2,1-3H3. The van der Waals surface area contributed by atoms with Gasteiger partial charge in [0.05, 0.1) is 0 Å². The molecule has 5 heteroatoms. The van der Waals surface area contributed by atoms with Crippen molar-refractivity contribution in [3.8, 4) is 11.4 Å². The largest absolute Gasteiger partial charge is 0.350 e. The van der Waals surface area contributed by atoms with E-state index in [1.165, 1.54) is 18.4 Å². The fraction of sp³-hybridized carbons (Fsp3) is 0.474. The van der Waals surface area contributed by atoms with E-state index in [1.54, 1.807) is 0 Å². The fourth-order valence-corrected chi connectivity index (χ4v) is 3.03. The Hall–Kier alpha value is -2.14. The SMILES string of the molecule is CCCCN(C)CCCc1nc(-c2cn(C)c3ccccc23)no1. The van der Waals surface area contributed by atoms with Gasteiger partial charge in [-0.05, 0) is 39.0 Å². The molecule has 0 amide bonds. The maximum atomic E-state index is 5.45. The molecule has 0 aliphatic carbocycles. The number of para-hydroxylation sites is 1. The third kappa shape index (κ3) is 3.67. The van der Waals surface area contributed by atoms with Crippen molar-refractivity contribution < 1.29 is 4.52 Å². The van der Waals surface area contributed by atoms with Crippen molar-refractivity contribution in [3.63, 3.8) is 0 Å². The Morgan fingerprint density at radius 3 is 2.79 bits per heavy atom. The molecule has 0 aliphatic rings. The Labute approximate surface area is 143 Å². The highest BCUT2D eigenvalue weighted by Gasteiger charge is 2.14. The lowest BCUT2D eigenvalue weighted by Crippen LogP contribution is -2.21. The van der Waals surface area contributed by atoms with Crippen molar-refractivity contribution >= 4 is 10.9 Å². The molecular formula is C19H26N4O. The molecule has 128 valence electrons. The smallest absolute Gasteiger partial charge is 0.227 e. The predicted octanol–water partition coefficient (Wildman–Crippen LogP) is 3.89. The van der Waals surface area contributed by atoms with E-state index < -0.39 is 0 Å². The molecule has 0 fully saturated rings. The number of hydrogen-bond acceptors (Lipinski definition) is 4. The van der Waals surface area contributed by atoms with Crippen molar-refractivity contribution in [1.29, 1.82) is 0 Å². The first-order valence-electron chi connectivity index (χ1n) is 8.74. The van der Waals surface area contributed by atoms with E-state index in [9.17, 15) is 0 Å². The Kier molecular flexibility index (Phi) is 5.30. The number of fused-ring (bicyclic) bond motifs is 1. The summed E-state index contributed by atoms with van der Waals surface area (Å²) in [5, 5.41) is 5.34. The van der Waals surface area contributed by atoms with Gasteiger partial charge < -0.3 is 14.0 Å². The Morgan fingerprint density at radius 2 is 1.96 bits per heavy atom. The molecule has 24 heavy (non-hydrogen) atoms. The lowest BCUT2D eigenvalue weighted by Gasteiger charge is -2.14. The summed E-state index contributed by atoms with van der Waals surface area (Å²) >= 11 is 0. The van der Waals surface area contributed by atoms with Gasteiger partial charge in [0.2, 0.25) is 11.7 Å². The van der Waals surface area contributed by atoms with Crippen LogP contribution in [0.15, 0.2) is 35.0 Å². The lowest BCUT2D eigenvalue weighted by molar-refractivity contribution is 0.311. The molecule has 2 heterocycles. The number of aromatic nitrogens is 3. The van der Waals surface area contributed by atoms with Gasteiger partial charge in [-0.15, -0.1) is 0 Å². The molecule has 5 nitrogen and oxygen atoms in total. The minimum absolute atomic E-state index is 0.682. The molecular weight excluding hydrogens is 300 g/mol. The van der Waals surface area contributed by atoms with Crippen LogP contribution in [0.5, 0.6) is 0 Å². The number of nitrogens with zero attached hydrogens (tertiary/aromatic N) is 4. The maximum Gasteiger partial charge on any atom is 0.227 e. The zero-order chi connectivity index (χ0) is 16.9. The van der Waals surface area contributed by atoms with Gasteiger partial charge in [-0.25, -0.2) is 0 Å². The summed E-state index contributed by atoms with van der Waals surface area (Å²) in [5.74, 6) is 1.41. The van der Waals surface area contributed by atoms with Crippen molar-refractivity contribution in [2.75, 3.05) is 20.1 Å². The quantitative estimate of drug-likeness (QED) is 0.630. The highest BCUT2D eigenvalue weighted by atomic mass is 16.5. The van der Waals surface area contributed by atoms with Crippen LogP contribution in [-0.2, 0) is 13.5 Å². The van der Waals surface area contributed by atoms with E-state index in [0.717, 1.165) is 42.8 Å².